The van der Waals surface area contributed by atoms with Crippen LogP contribution in [0.2, 0.25) is 0 Å². The Kier molecular flexibility index (Phi) is 4.95. The number of hydrogen-bond acceptors (Lipinski definition) is 3. The number of rotatable bonds is 5. The lowest BCUT2D eigenvalue weighted by Crippen LogP contribution is -2.33. The third-order valence-electron chi connectivity index (χ3n) is 3.52. The van der Waals surface area contributed by atoms with E-state index in [-0.39, 0.29) is 0 Å². The molecule has 0 spiro atoms. The molecule has 0 saturated heterocycles. The third-order valence-corrected chi connectivity index (χ3v) is 3.52. The Bertz CT molecular complexity index is 307. The Labute approximate surface area is 104 Å². The van der Waals surface area contributed by atoms with Crippen LogP contribution in [-0.2, 0) is 11.2 Å². The van der Waals surface area contributed by atoms with E-state index in [1.54, 1.807) is 0 Å². The molecule has 1 aliphatic rings. The number of aromatic nitrogens is 1. The van der Waals surface area contributed by atoms with E-state index in [0.29, 0.717) is 12.1 Å². The highest BCUT2D eigenvalue weighted by molar-refractivity contribution is 5.03. The largest absolute Gasteiger partial charge is 0.378 e. The highest BCUT2D eigenvalue weighted by Gasteiger charge is 2.19. The van der Waals surface area contributed by atoms with E-state index < -0.39 is 0 Å². The Morgan fingerprint density at radius 1 is 1.29 bits per heavy atom. The average Bonchev–Trinajstić information content (AvgIpc) is 2.41. The Balaban J connectivity index is 1.63. The number of nitrogens with zero attached hydrogens (tertiary/aromatic N) is 1. The van der Waals surface area contributed by atoms with E-state index in [4.69, 9.17) is 4.74 Å². The zero-order valence-corrected chi connectivity index (χ0v) is 10.6. The smallest absolute Gasteiger partial charge is 0.0576 e. The van der Waals surface area contributed by atoms with E-state index in [2.05, 4.69) is 16.4 Å². The summed E-state index contributed by atoms with van der Waals surface area (Å²) >= 11 is 0. The quantitative estimate of drug-likeness (QED) is 0.848. The van der Waals surface area contributed by atoms with Gasteiger partial charge in [0, 0.05) is 24.4 Å². The molecule has 2 rings (SSSR count). The lowest BCUT2D eigenvalue weighted by molar-refractivity contribution is 0.0245. The van der Waals surface area contributed by atoms with E-state index in [9.17, 15) is 0 Å². The second kappa shape index (κ2) is 6.72. The zero-order chi connectivity index (χ0) is 11.9. The van der Waals surface area contributed by atoms with E-state index in [0.717, 1.165) is 18.7 Å². The molecule has 17 heavy (non-hydrogen) atoms. The maximum atomic E-state index is 5.91. The minimum atomic E-state index is 0.461. The van der Waals surface area contributed by atoms with Gasteiger partial charge in [-0.25, -0.2) is 0 Å². The maximum Gasteiger partial charge on any atom is 0.0576 e. The van der Waals surface area contributed by atoms with Gasteiger partial charge in [-0.2, -0.15) is 0 Å². The van der Waals surface area contributed by atoms with Gasteiger partial charge in [-0.05, 0) is 44.9 Å². The van der Waals surface area contributed by atoms with Crippen molar-refractivity contribution >= 4 is 0 Å². The van der Waals surface area contributed by atoms with Crippen LogP contribution >= 0.6 is 0 Å². The van der Waals surface area contributed by atoms with Gasteiger partial charge >= 0.3 is 0 Å². The van der Waals surface area contributed by atoms with Gasteiger partial charge in [0.15, 0.2) is 0 Å². The van der Waals surface area contributed by atoms with Crippen LogP contribution in [0.5, 0.6) is 0 Å². The van der Waals surface area contributed by atoms with Crippen molar-refractivity contribution in [1.82, 2.24) is 10.3 Å². The highest BCUT2D eigenvalue weighted by atomic mass is 16.5. The molecule has 3 nitrogen and oxygen atoms in total. The van der Waals surface area contributed by atoms with Crippen LogP contribution in [0.3, 0.4) is 0 Å². The van der Waals surface area contributed by atoms with Gasteiger partial charge in [-0.1, -0.05) is 6.07 Å². The van der Waals surface area contributed by atoms with Crippen molar-refractivity contribution in [2.75, 3.05) is 13.7 Å². The van der Waals surface area contributed by atoms with Crippen molar-refractivity contribution in [1.29, 1.82) is 0 Å². The first-order chi connectivity index (χ1) is 8.38. The maximum absolute atomic E-state index is 5.91. The fraction of sp³-hybridized carbons (Fsp3) is 0.643. The predicted molar refractivity (Wildman–Crippen MR) is 69.0 cm³/mol. The molecule has 0 bridgehead atoms. The minimum absolute atomic E-state index is 0.461. The number of nitrogens with one attached hydrogen (secondary N) is 1. The van der Waals surface area contributed by atoms with Crippen LogP contribution in [0.25, 0.3) is 0 Å². The summed E-state index contributed by atoms with van der Waals surface area (Å²) in [5, 5.41) is 3.34. The molecule has 0 unspecified atom stereocenters. The summed E-state index contributed by atoms with van der Waals surface area (Å²) < 4.78 is 5.91. The van der Waals surface area contributed by atoms with Crippen molar-refractivity contribution in [2.24, 2.45) is 0 Å². The SMILES string of the molecule is CNC1CCC(OCCc2ccccn2)CC1. The molecular formula is C14H22N2O. The Morgan fingerprint density at radius 2 is 2.12 bits per heavy atom. The Morgan fingerprint density at radius 3 is 2.76 bits per heavy atom. The summed E-state index contributed by atoms with van der Waals surface area (Å²) in [5.41, 5.74) is 1.12. The number of pyridine rings is 1. The molecule has 1 aromatic heterocycles. The van der Waals surface area contributed by atoms with Crippen molar-refractivity contribution in [3.63, 3.8) is 0 Å². The Hall–Kier alpha value is -0.930. The molecule has 1 heterocycles. The summed E-state index contributed by atoms with van der Waals surface area (Å²) in [5.74, 6) is 0. The molecule has 1 saturated carbocycles. The first kappa shape index (κ1) is 12.5. The number of ether oxygens (including phenoxy) is 1. The molecule has 1 fully saturated rings. The minimum Gasteiger partial charge on any atom is -0.378 e. The van der Waals surface area contributed by atoms with E-state index in [1.807, 2.05) is 25.4 Å². The third kappa shape index (κ3) is 4.10. The van der Waals surface area contributed by atoms with Crippen LogP contribution in [0, 0.1) is 0 Å². The van der Waals surface area contributed by atoms with Crippen molar-refractivity contribution in [2.45, 2.75) is 44.2 Å². The first-order valence-corrected chi connectivity index (χ1v) is 6.57. The van der Waals surface area contributed by atoms with Gasteiger partial charge in [-0.3, -0.25) is 4.98 Å². The standard InChI is InChI=1S/C14H22N2O/c1-15-12-5-7-14(8-6-12)17-11-9-13-4-2-3-10-16-13/h2-4,10,12,14-15H,5-9,11H2,1H3. The summed E-state index contributed by atoms with van der Waals surface area (Å²) in [6.07, 6.45) is 8.08. The topological polar surface area (TPSA) is 34.1 Å². The summed E-state index contributed by atoms with van der Waals surface area (Å²) in [6.45, 7) is 0.798. The molecule has 0 amide bonds. The average molecular weight is 234 g/mol. The highest BCUT2D eigenvalue weighted by Crippen LogP contribution is 2.20. The summed E-state index contributed by atoms with van der Waals surface area (Å²) in [4.78, 5) is 4.30. The lowest BCUT2D eigenvalue weighted by Gasteiger charge is -2.28. The van der Waals surface area contributed by atoms with Gasteiger partial charge in [0.05, 0.1) is 12.7 Å². The molecule has 0 aliphatic heterocycles. The van der Waals surface area contributed by atoms with Crippen LogP contribution < -0.4 is 5.32 Å². The fourth-order valence-electron chi connectivity index (χ4n) is 2.39. The lowest BCUT2D eigenvalue weighted by atomic mass is 9.93. The molecular weight excluding hydrogens is 212 g/mol. The molecule has 94 valence electrons. The van der Waals surface area contributed by atoms with Gasteiger partial charge in [0.1, 0.15) is 0 Å². The summed E-state index contributed by atoms with van der Waals surface area (Å²) in [7, 11) is 2.05. The second-order valence-electron chi connectivity index (χ2n) is 4.70. The molecule has 0 atom stereocenters. The normalized spacial score (nSPS) is 24.8. The van der Waals surface area contributed by atoms with Crippen LogP contribution in [0.15, 0.2) is 24.4 Å². The molecule has 1 aliphatic carbocycles. The molecule has 0 radical (unpaired) electrons. The van der Waals surface area contributed by atoms with Gasteiger partial charge in [0.25, 0.3) is 0 Å². The van der Waals surface area contributed by atoms with Crippen molar-refractivity contribution < 1.29 is 4.74 Å². The number of hydrogen-bond donors (Lipinski definition) is 1. The van der Waals surface area contributed by atoms with Crippen molar-refractivity contribution in [3.05, 3.63) is 30.1 Å². The second-order valence-corrected chi connectivity index (χ2v) is 4.70. The summed E-state index contributed by atoms with van der Waals surface area (Å²) in [6, 6.07) is 6.73. The van der Waals surface area contributed by atoms with E-state index >= 15 is 0 Å². The predicted octanol–water partition coefficient (Wildman–Crippen LogP) is 2.17. The van der Waals surface area contributed by atoms with Gasteiger partial charge < -0.3 is 10.1 Å². The fourth-order valence-corrected chi connectivity index (χ4v) is 2.39. The zero-order valence-electron chi connectivity index (χ0n) is 10.6. The van der Waals surface area contributed by atoms with Crippen LogP contribution in [-0.4, -0.2) is 30.8 Å². The van der Waals surface area contributed by atoms with Crippen molar-refractivity contribution in [3.8, 4) is 0 Å². The monoisotopic (exact) mass is 234 g/mol. The molecule has 3 heteroatoms. The van der Waals surface area contributed by atoms with Gasteiger partial charge in [0.2, 0.25) is 0 Å². The molecule has 0 aromatic carbocycles. The van der Waals surface area contributed by atoms with Crippen LogP contribution in [0.1, 0.15) is 31.4 Å². The molecule has 1 aromatic rings. The first-order valence-electron chi connectivity index (χ1n) is 6.57. The van der Waals surface area contributed by atoms with Gasteiger partial charge in [-0.15, -0.1) is 0 Å². The van der Waals surface area contributed by atoms with Crippen LogP contribution in [0.4, 0.5) is 0 Å². The molecule has 1 N–H and O–H groups in total. The van der Waals surface area contributed by atoms with E-state index in [1.165, 1.54) is 25.7 Å².